The van der Waals surface area contributed by atoms with E-state index in [1.54, 1.807) is 27.7 Å². The van der Waals surface area contributed by atoms with Crippen molar-refractivity contribution in [3.8, 4) is 0 Å². The predicted molar refractivity (Wildman–Crippen MR) is 120 cm³/mol. The predicted octanol–water partition coefficient (Wildman–Crippen LogP) is 4.62. The van der Waals surface area contributed by atoms with Crippen LogP contribution in [0.5, 0.6) is 0 Å². The zero-order chi connectivity index (χ0) is 20.5. The Hall–Kier alpha value is -2.12. The molecule has 5 nitrogen and oxygen atoms in total. The zero-order valence-electron chi connectivity index (χ0n) is 17.0. The molecule has 29 heavy (non-hydrogen) atoms. The lowest BCUT2D eigenvalue weighted by molar-refractivity contribution is 0.0793. The van der Waals surface area contributed by atoms with Gasteiger partial charge in [0.05, 0.1) is 5.39 Å². The maximum Gasteiger partial charge on any atom is 0.263 e. The van der Waals surface area contributed by atoms with Crippen LogP contribution in [0.25, 0.3) is 10.2 Å². The molecular formula is C22H25N3O2S2. The molecule has 0 aliphatic carbocycles. The van der Waals surface area contributed by atoms with Crippen molar-refractivity contribution in [1.82, 2.24) is 14.5 Å². The third-order valence-corrected chi connectivity index (χ3v) is 7.68. The summed E-state index contributed by atoms with van der Waals surface area (Å²) in [6, 6.07) is 7.82. The van der Waals surface area contributed by atoms with Gasteiger partial charge in [0, 0.05) is 35.8 Å². The number of benzene rings is 1. The fourth-order valence-electron chi connectivity index (χ4n) is 3.69. The van der Waals surface area contributed by atoms with E-state index in [0.29, 0.717) is 12.3 Å². The van der Waals surface area contributed by atoms with Crippen molar-refractivity contribution in [1.29, 1.82) is 0 Å². The standard InChI is InChI=1S/C22H25N3O2S2/c1-4-25-21(27)18-14(2)15(3)29-19(18)23-22(25)28-13-16-7-9-17(10-8-16)20(26)24-11-5-6-12-24/h7-10H,4-6,11-13H2,1-3H3. The molecule has 1 aliphatic heterocycles. The molecule has 1 aromatic carbocycles. The Morgan fingerprint density at radius 3 is 2.52 bits per heavy atom. The Morgan fingerprint density at radius 2 is 1.86 bits per heavy atom. The highest BCUT2D eigenvalue weighted by atomic mass is 32.2. The Kier molecular flexibility index (Phi) is 5.79. The van der Waals surface area contributed by atoms with Crippen LogP contribution in [0.4, 0.5) is 0 Å². The molecule has 4 rings (SSSR count). The first-order chi connectivity index (χ1) is 14.0. The van der Waals surface area contributed by atoms with Crippen molar-refractivity contribution in [2.75, 3.05) is 13.1 Å². The van der Waals surface area contributed by atoms with E-state index >= 15 is 0 Å². The average molecular weight is 428 g/mol. The summed E-state index contributed by atoms with van der Waals surface area (Å²) in [5, 5.41) is 1.51. The summed E-state index contributed by atoms with van der Waals surface area (Å²) < 4.78 is 1.76. The van der Waals surface area contributed by atoms with Crippen LogP contribution in [0.3, 0.4) is 0 Å². The van der Waals surface area contributed by atoms with Crippen LogP contribution >= 0.6 is 23.1 Å². The number of amides is 1. The summed E-state index contributed by atoms with van der Waals surface area (Å²) in [5.41, 5.74) is 2.95. The second-order valence-electron chi connectivity index (χ2n) is 7.39. The van der Waals surface area contributed by atoms with Gasteiger partial charge in [-0.1, -0.05) is 23.9 Å². The summed E-state index contributed by atoms with van der Waals surface area (Å²) in [6.45, 7) is 8.33. The number of likely N-dealkylation sites (tertiary alicyclic amines) is 1. The summed E-state index contributed by atoms with van der Waals surface area (Å²) in [4.78, 5) is 34.1. The van der Waals surface area contributed by atoms with Crippen LogP contribution in [0.15, 0.2) is 34.2 Å². The quantitative estimate of drug-likeness (QED) is 0.440. The summed E-state index contributed by atoms with van der Waals surface area (Å²) in [6.07, 6.45) is 2.19. The van der Waals surface area contributed by atoms with Crippen molar-refractivity contribution in [2.24, 2.45) is 0 Å². The highest BCUT2D eigenvalue weighted by Gasteiger charge is 2.19. The van der Waals surface area contributed by atoms with E-state index in [2.05, 4.69) is 0 Å². The summed E-state index contributed by atoms with van der Waals surface area (Å²) in [7, 11) is 0. The molecule has 7 heteroatoms. The van der Waals surface area contributed by atoms with E-state index in [1.165, 1.54) is 0 Å². The van der Waals surface area contributed by atoms with Crippen LogP contribution in [-0.4, -0.2) is 33.4 Å². The SMILES string of the molecule is CCn1c(SCc2ccc(C(=O)N3CCCC3)cc2)nc2sc(C)c(C)c2c1=O. The lowest BCUT2D eigenvalue weighted by atomic mass is 10.1. The topological polar surface area (TPSA) is 55.2 Å². The maximum absolute atomic E-state index is 12.9. The molecule has 0 atom stereocenters. The fraction of sp³-hybridized carbons (Fsp3) is 0.409. The Balaban J connectivity index is 1.53. The van der Waals surface area contributed by atoms with E-state index in [-0.39, 0.29) is 11.5 Å². The Morgan fingerprint density at radius 1 is 1.17 bits per heavy atom. The third kappa shape index (κ3) is 3.85. The maximum atomic E-state index is 12.9. The van der Waals surface area contributed by atoms with E-state index in [4.69, 9.17) is 4.98 Å². The lowest BCUT2D eigenvalue weighted by Crippen LogP contribution is -2.27. The van der Waals surface area contributed by atoms with Crippen LogP contribution in [-0.2, 0) is 12.3 Å². The molecule has 0 unspecified atom stereocenters. The molecule has 1 aliphatic rings. The van der Waals surface area contributed by atoms with Crippen molar-refractivity contribution in [3.63, 3.8) is 0 Å². The van der Waals surface area contributed by atoms with Gasteiger partial charge in [0.2, 0.25) is 0 Å². The first kappa shape index (κ1) is 20.2. The number of carbonyl (C=O) groups excluding carboxylic acids is 1. The van der Waals surface area contributed by atoms with Gasteiger partial charge in [-0.15, -0.1) is 11.3 Å². The molecule has 3 heterocycles. The number of aromatic nitrogens is 2. The largest absolute Gasteiger partial charge is 0.339 e. The van der Waals surface area contributed by atoms with Gasteiger partial charge in [0.1, 0.15) is 4.83 Å². The zero-order valence-corrected chi connectivity index (χ0v) is 18.7. The fourth-order valence-corrected chi connectivity index (χ4v) is 5.78. The lowest BCUT2D eigenvalue weighted by Gasteiger charge is -2.15. The molecule has 1 saturated heterocycles. The molecule has 1 amide bonds. The van der Waals surface area contributed by atoms with Crippen molar-refractivity contribution < 1.29 is 4.79 Å². The van der Waals surface area contributed by atoms with Gasteiger partial charge in [0.15, 0.2) is 5.16 Å². The monoisotopic (exact) mass is 427 g/mol. The van der Waals surface area contributed by atoms with Crippen LogP contribution in [0, 0.1) is 13.8 Å². The summed E-state index contributed by atoms with van der Waals surface area (Å²) in [5.74, 6) is 0.830. The first-order valence-corrected chi connectivity index (χ1v) is 11.8. The number of aryl methyl sites for hydroxylation is 2. The van der Waals surface area contributed by atoms with Gasteiger partial charge in [-0.3, -0.25) is 14.2 Å². The molecule has 2 aromatic heterocycles. The molecule has 0 bridgehead atoms. The number of nitrogens with zero attached hydrogens (tertiary/aromatic N) is 3. The minimum atomic E-state index is 0.0495. The van der Waals surface area contributed by atoms with Crippen molar-refractivity contribution >= 4 is 39.2 Å². The highest BCUT2D eigenvalue weighted by molar-refractivity contribution is 7.98. The van der Waals surface area contributed by atoms with Crippen LogP contribution in [0.1, 0.15) is 46.1 Å². The third-order valence-electron chi connectivity index (χ3n) is 5.53. The minimum absolute atomic E-state index is 0.0495. The number of fused-ring (bicyclic) bond motifs is 1. The number of carbonyl (C=O) groups is 1. The highest BCUT2D eigenvalue weighted by Crippen LogP contribution is 2.29. The number of hydrogen-bond donors (Lipinski definition) is 0. The first-order valence-electron chi connectivity index (χ1n) is 10.0. The van der Waals surface area contributed by atoms with Crippen molar-refractivity contribution in [2.45, 2.75) is 51.1 Å². The van der Waals surface area contributed by atoms with Crippen LogP contribution < -0.4 is 5.56 Å². The van der Waals surface area contributed by atoms with E-state index in [9.17, 15) is 9.59 Å². The summed E-state index contributed by atoms with van der Waals surface area (Å²) >= 11 is 3.16. The number of thioether (sulfide) groups is 1. The van der Waals surface area contributed by atoms with E-state index in [1.807, 2.05) is 49.9 Å². The number of thiophene rings is 1. The minimum Gasteiger partial charge on any atom is -0.339 e. The normalized spacial score (nSPS) is 14.1. The van der Waals surface area contributed by atoms with Crippen molar-refractivity contribution in [3.05, 3.63) is 56.2 Å². The molecule has 1 fully saturated rings. The molecule has 0 radical (unpaired) electrons. The van der Waals surface area contributed by atoms with Gasteiger partial charge < -0.3 is 4.90 Å². The average Bonchev–Trinajstić information content (AvgIpc) is 3.35. The van der Waals surface area contributed by atoms with Gasteiger partial charge in [0.25, 0.3) is 11.5 Å². The smallest absolute Gasteiger partial charge is 0.263 e. The molecule has 0 saturated carbocycles. The second kappa shape index (κ2) is 8.32. The molecule has 152 valence electrons. The Bertz CT molecular complexity index is 1110. The van der Waals surface area contributed by atoms with Gasteiger partial charge in [-0.2, -0.15) is 0 Å². The van der Waals surface area contributed by atoms with E-state index in [0.717, 1.165) is 62.9 Å². The number of rotatable bonds is 5. The molecular weight excluding hydrogens is 402 g/mol. The second-order valence-corrected chi connectivity index (χ2v) is 9.54. The number of hydrogen-bond acceptors (Lipinski definition) is 5. The van der Waals surface area contributed by atoms with Crippen LogP contribution in [0.2, 0.25) is 0 Å². The van der Waals surface area contributed by atoms with E-state index < -0.39 is 0 Å². The Labute approximate surface area is 178 Å². The molecule has 0 spiro atoms. The van der Waals surface area contributed by atoms with Gasteiger partial charge in [-0.25, -0.2) is 4.98 Å². The molecule has 0 N–H and O–H groups in total. The van der Waals surface area contributed by atoms with Gasteiger partial charge in [-0.05, 0) is 56.9 Å². The molecule has 3 aromatic rings. The van der Waals surface area contributed by atoms with Gasteiger partial charge >= 0.3 is 0 Å².